The minimum absolute atomic E-state index is 0.184. The van der Waals surface area contributed by atoms with Crippen molar-refractivity contribution in [3.05, 3.63) is 0 Å². The third-order valence-electron chi connectivity index (χ3n) is 3.33. The van der Waals surface area contributed by atoms with E-state index in [4.69, 9.17) is 9.47 Å². The van der Waals surface area contributed by atoms with Gasteiger partial charge in [-0.15, -0.1) is 0 Å². The van der Waals surface area contributed by atoms with Crippen LogP contribution < -0.4 is 5.32 Å². The van der Waals surface area contributed by atoms with E-state index in [1.807, 2.05) is 4.90 Å². The maximum atomic E-state index is 11.8. The lowest BCUT2D eigenvalue weighted by Crippen LogP contribution is -2.50. The Labute approximate surface area is 96.1 Å². The Morgan fingerprint density at radius 1 is 1.44 bits per heavy atom. The summed E-state index contributed by atoms with van der Waals surface area (Å²) in [7, 11) is 1.74. The summed E-state index contributed by atoms with van der Waals surface area (Å²) in [5.41, 5.74) is 0. The van der Waals surface area contributed by atoms with Crippen LogP contribution in [0.15, 0.2) is 0 Å². The van der Waals surface area contributed by atoms with Gasteiger partial charge >= 0.3 is 0 Å². The normalized spacial score (nSPS) is 29.9. The highest BCUT2D eigenvalue weighted by atomic mass is 16.5. The molecule has 0 radical (unpaired) electrons. The van der Waals surface area contributed by atoms with Crippen LogP contribution in [0.4, 0.5) is 0 Å². The van der Waals surface area contributed by atoms with E-state index in [-0.39, 0.29) is 5.91 Å². The highest BCUT2D eigenvalue weighted by Crippen LogP contribution is 2.22. The number of morpholine rings is 1. The van der Waals surface area contributed by atoms with Gasteiger partial charge in [0.25, 0.3) is 0 Å². The molecule has 1 heterocycles. The maximum absolute atomic E-state index is 11.8. The smallest absolute Gasteiger partial charge is 0.236 e. The fraction of sp³-hybridized carbons (Fsp3) is 0.909. The van der Waals surface area contributed by atoms with Crippen LogP contribution in [0.25, 0.3) is 0 Å². The molecule has 0 spiro atoms. The molecule has 0 bridgehead atoms. The number of hydrogen-bond donors (Lipinski definition) is 1. The van der Waals surface area contributed by atoms with Crippen LogP contribution in [0.5, 0.6) is 0 Å². The van der Waals surface area contributed by atoms with Crippen LogP contribution in [-0.2, 0) is 14.3 Å². The van der Waals surface area contributed by atoms with Gasteiger partial charge in [-0.3, -0.25) is 4.79 Å². The van der Waals surface area contributed by atoms with E-state index in [9.17, 15) is 4.79 Å². The van der Waals surface area contributed by atoms with Crippen LogP contribution in [-0.4, -0.2) is 62.9 Å². The van der Waals surface area contributed by atoms with Crippen molar-refractivity contribution in [2.75, 3.05) is 40.0 Å². The van der Waals surface area contributed by atoms with Crippen molar-refractivity contribution in [2.24, 2.45) is 0 Å². The van der Waals surface area contributed by atoms with Gasteiger partial charge in [0.2, 0.25) is 5.91 Å². The summed E-state index contributed by atoms with van der Waals surface area (Å²) in [6, 6.07) is 0.454. The average Bonchev–Trinajstić information content (AvgIpc) is 2.28. The minimum Gasteiger partial charge on any atom is -0.381 e. The predicted molar refractivity (Wildman–Crippen MR) is 59.2 cm³/mol. The summed E-state index contributed by atoms with van der Waals surface area (Å²) in [6.07, 6.45) is 2.43. The van der Waals surface area contributed by atoms with Gasteiger partial charge in [-0.25, -0.2) is 0 Å². The predicted octanol–water partition coefficient (Wildman–Crippen LogP) is -0.388. The van der Waals surface area contributed by atoms with Crippen LogP contribution in [0.3, 0.4) is 0 Å². The number of nitrogens with one attached hydrogen (secondary N) is 1. The molecule has 1 amide bonds. The number of hydrogen-bond acceptors (Lipinski definition) is 4. The largest absolute Gasteiger partial charge is 0.381 e. The van der Waals surface area contributed by atoms with Crippen molar-refractivity contribution in [3.63, 3.8) is 0 Å². The van der Waals surface area contributed by atoms with Crippen LogP contribution in [0.2, 0.25) is 0 Å². The molecule has 0 aromatic heterocycles. The molecule has 0 atom stereocenters. The zero-order valence-electron chi connectivity index (χ0n) is 9.78. The molecule has 2 aliphatic rings. The van der Waals surface area contributed by atoms with E-state index in [0.29, 0.717) is 31.9 Å². The first kappa shape index (κ1) is 11.8. The van der Waals surface area contributed by atoms with Gasteiger partial charge in [0.05, 0.1) is 25.9 Å². The SMILES string of the molecule is COC1CC(NCC(=O)N2CCOCC2)C1. The Morgan fingerprint density at radius 2 is 2.12 bits per heavy atom. The topological polar surface area (TPSA) is 50.8 Å². The van der Waals surface area contributed by atoms with E-state index in [0.717, 1.165) is 25.9 Å². The van der Waals surface area contributed by atoms with Gasteiger partial charge in [-0.2, -0.15) is 0 Å². The Hall–Kier alpha value is -0.650. The Kier molecular flexibility index (Phi) is 4.15. The van der Waals surface area contributed by atoms with Gasteiger partial charge in [0.1, 0.15) is 0 Å². The first-order valence-corrected chi connectivity index (χ1v) is 5.91. The van der Waals surface area contributed by atoms with E-state index in [2.05, 4.69) is 5.32 Å². The number of nitrogens with zero attached hydrogens (tertiary/aromatic N) is 1. The zero-order chi connectivity index (χ0) is 11.4. The summed E-state index contributed by atoms with van der Waals surface area (Å²) in [6.45, 7) is 3.24. The van der Waals surface area contributed by atoms with Crippen molar-refractivity contribution in [2.45, 2.75) is 25.0 Å². The minimum atomic E-state index is 0.184. The third-order valence-corrected chi connectivity index (χ3v) is 3.33. The quantitative estimate of drug-likeness (QED) is 0.712. The summed E-state index contributed by atoms with van der Waals surface area (Å²) in [5.74, 6) is 0.184. The number of carbonyl (C=O) groups excluding carboxylic acids is 1. The molecule has 16 heavy (non-hydrogen) atoms. The van der Waals surface area contributed by atoms with E-state index in [1.54, 1.807) is 7.11 Å². The zero-order valence-corrected chi connectivity index (χ0v) is 9.78. The van der Waals surface area contributed by atoms with Gasteiger partial charge in [0.15, 0.2) is 0 Å². The molecule has 5 heteroatoms. The van der Waals surface area contributed by atoms with Gasteiger partial charge in [-0.05, 0) is 12.8 Å². The summed E-state index contributed by atoms with van der Waals surface area (Å²) in [4.78, 5) is 13.6. The third kappa shape index (κ3) is 2.93. The highest BCUT2D eigenvalue weighted by Gasteiger charge is 2.29. The maximum Gasteiger partial charge on any atom is 0.236 e. The van der Waals surface area contributed by atoms with Crippen LogP contribution in [0.1, 0.15) is 12.8 Å². The second kappa shape index (κ2) is 5.61. The van der Waals surface area contributed by atoms with Crippen LogP contribution in [0, 0.1) is 0 Å². The van der Waals surface area contributed by atoms with Gasteiger partial charge in [0, 0.05) is 26.2 Å². The molecule has 0 aromatic carbocycles. The Balaban J connectivity index is 1.60. The van der Waals surface area contributed by atoms with E-state index >= 15 is 0 Å². The fourth-order valence-electron chi connectivity index (χ4n) is 2.08. The standard InChI is InChI=1S/C11H20N2O3/c1-15-10-6-9(7-10)12-8-11(14)13-2-4-16-5-3-13/h9-10,12H,2-8H2,1H3. The molecule has 2 fully saturated rings. The molecule has 0 aromatic rings. The molecule has 1 saturated carbocycles. The molecule has 92 valence electrons. The summed E-state index contributed by atoms with van der Waals surface area (Å²) >= 11 is 0. The molecule has 1 aliphatic heterocycles. The molecule has 5 nitrogen and oxygen atoms in total. The molecule has 1 N–H and O–H groups in total. The molecule has 1 saturated heterocycles. The van der Waals surface area contributed by atoms with E-state index < -0.39 is 0 Å². The van der Waals surface area contributed by atoms with E-state index in [1.165, 1.54) is 0 Å². The molecule has 2 rings (SSSR count). The lowest BCUT2D eigenvalue weighted by molar-refractivity contribution is -0.134. The fourth-order valence-corrected chi connectivity index (χ4v) is 2.08. The number of methoxy groups -OCH3 is 1. The van der Waals surface area contributed by atoms with Crippen LogP contribution >= 0.6 is 0 Å². The second-order valence-electron chi connectivity index (χ2n) is 4.40. The van der Waals surface area contributed by atoms with Crippen molar-refractivity contribution in [1.29, 1.82) is 0 Å². The van der Waals surface area contributed by atoms with Crippen molar-refractivity contribution >= 4 is 5.91 Å². The number of carbonyl (C=O) groups is 1. The monoisotopic (exact) mass is 228 g/mol. The first-order chi connectivity index (χ1) is 7.79. The van der Waals surface area contributed by atoms with Gasteiger partial charge < -0.3 is 19.7 Å². The first-order valence-electron chi connectivity index (χ1n) is 5.91. The van der Waals surface area contributed by atoms with Gasteiger partial charge in [-0.1, -0.05) is 0 Å². The number of rotatable bonds is 4. The molecule has 1 aliphatic carbocycles. The molecule has 0 unspecified atom stereocenters. The lowest BCUT2D eigenvalue weighted by atomic mass is 9.89. The van der Waals surface area contributed by atoms with Crippen molar-refractivity contribution < 1.29 is 14.3 Å². The average molecular weight is 228 g/mol. The molecular weight excluding hydrogens is 208 g/mol. The second-order valence-corrected chi connectivity index (χ2v) is 4.40. The Morgan fingerprint density at radius 3 is 2.75 bits per heavy atom. The highest BCUT2D eigenvalue weighted by molar-refractivity contribution is 5.78. The summed E-state index contributed by atoms with van der Waals surface area (Å²) in [5, 5.41) is 3.27. The number of ether oxygens (including phenoxy) is 2. The lowest BCUT2D eigenvalue weighted by Gasteiger charge is -2.35. The Bertz CT molecular complexity index is 235. The number of amides is 1. The van der Waals surface area contributed by atoms with Crippen molar-refractivity contribution in [3.8, 4) is 0 Å². The molecular formula is C11H20N2O3. The summed E-state index contributed by atoms with van der Waals surface area (Å²) < 4.78 is 10.4. The van der Waals surface area contributed by atoms with Crippen molar-refractivity contribution in [1.82, 2.24) is 10.2 Å².